The Kier molecular flexibility index (Phi) is 6.59. The lowest BCUT2D eigenvalue weighted by molar-refractivity contribution is -0.121. The third kappa shape index (κ3) is 4.68. The second-order valence-corrected chi connectivity index (χ2v) is 9.16. The van der Waals surface area contributed by atoms with Gasteiger partial charge in [0, 0.05) is 42.6 Å². The van der Waals surface area contributed by atoms with Gasteiger partial charge in [0.2, 0.25) is 12.7 Å². The molecule has 1 aromatic heterocycles. The normalized spacial score (nSPS) is 13.6. The molecule has 0 unspecified atom stereocenters. The van der Waals surface area contributed by atoms with E-state index in [1.54, 1.807) is 0 Å². The number of nitrogens with zero attached hydrogens (tertiary/aromatic N) is 1. The minimum absolute atomic E-state index is 0.0707. The van der Waals surface area contributed by atoms with Crippen molar-refractivity contribution in [2.75, 3.05) is 19.9 Å². The standard InChI is InChI=1S/C28H32N2O4/c1-19(2)32-15-5-14-29-27(31)13-11-22-16-21-9-8-20-6-3-4-7-24(20)28(21)30(22)23-10-12-25-26(17-23)34-18-33-25/h3-4,6-7,10,12,16-17,19H,5,8-9,11,13-15,18H2,1-2H3,(H,29,31). The molecule has 1 aliphatic heterocycles. The predicted octanol–water partition coefficient (Wildman–Crippen LogP) is 4.84. The second kappa shape index (κ2) is 9.94. The first kappa shape index (κ1) is 22.5. The maximum absolute atomic E-state index is 12.6. The van der Waals surface area contributed by atoms with Crippen LogP contribution in [0.15, 0.2) is 48.5 Å². The summed E-state index contributed by atoms with van der Waals surface area (Å²) < 4.78 is 19.0. The molecule has 0 spiro atoms. The van der Waals surface area contributed by atoms with E-state index in [-0.39, 0.29) is 18.8 Å². The quantitative estimate of drug-likeness (QED) is 0.465. The van der Waals surface area contributed by atoms with Gasteiger partial charge in [-0.3, -0.25) is 4.79 Å². The van der Waals surface area contributed by atoms with Crippen molar-refractivity contribution < 1.29 is 19.0 Å². The van der Waals surface area contributed by atoms with Crippen molar-refractivity contribution in [2.45, 2.75) is 52.1 Å². The number of rotatable bonds is 9. The molecular weight excluding hydrogens is 428 g/mol. The number of hydrogen-bond donors (Lipinski definition) is 1. The number of hydrogen-bond acceptors (Lipinski definition) is 4. The summed E-state index contributed by atoms with van der Waals surface area (Å²) in [5.41, 5.74) is 7.35. The number of benzene rings is 2. The summed E-state index contributed by atoms with van der Waals surface area (Å²) in [5.74, 6) is 1.60. The van der Waals surface area contributed by atoms with Crippen LogP contribution in [0.3, 0.4) is 0 Å². The molecular formula is C28H32N2O4. The molecule has 34 heavy (non-hydrogen) atoms. The van der Waals surface area contributed by atoms with Crippen molar-refractivity contribution in [1.29, 1.82) is 0 Å². The van der Waals surface area contributed by atoms with Crippen LogP contribution < -0.4 is 14.8 Å². The van der Waals surface area contributed by atoms with E-state index in [4.69, 9.17) is 14.2 Å². The molecule has 5 rings (SSSR count). The number of nitrogens with one attached hydrogen (secondary N) is 1. The molecule has 0 saturated heterocycles. The van der Waals surface area contributed by atoms with Crippen LogP contribution in [0.4, 0.5) is 0 Å². The Hall–Kier alpha value is -3.25. The number of aryl methyl sites for hydroxylation is 3. The summed E-state index contributed by atoms with van der Waals surface area (Å²) in [7, 11) is 0. The van der Waals surface area contributed by atoms with E-state index in [0.29, 0.717) is 26.0 Å². The highest BCUT2D eigenvalue weighted by atomic mass is 16.7. The zero-order valence-electron chi connectivity index (χ0n) is 19.9. The van der Waals surface area contributed by atoms with E-state index in [2.05, 4.69) is 46.3 Å². The molecule has 1 N–H and O–H groups in total. The summed E-state index contributed by atoms with van der Waals surface area (Å²) in [4.78, 5) is 12.6. The van der Waals surface area contributed by atoms with Gasteiger partial charge in [-0.25, -0.2) is 0 Å². The molecule has 0 bridgehead atoms. The fraction of sp³-hybridized carbons (Fsp3) is 0.393. The van der Waals surface area contributed by atoms with Gasteiger partial charge in [-0.05, 0) is 68.9 Å². The van der Waals surface area contributed by atoms with Gasteiger partial charge in [-0.2, -0.15) is 0 Å². The predicted molar refractivity (Wildman–Crippen MR) is 132 cm³/mol. The third-order valence-electron chi connectivity index (χ3n) is 6.41. The van der Waals surface area contributed by atoms with Crippen molar-refractivity contribution in [1.82, 2.24) is 9.88 Å². The van der Waals surface area contributed by atoms with Crippen LogP contribution >= 0.6 is 0 Å². The fourth-order valence-electron chi connectivity index (χ4n) is 4.80. The third-order valence-corrected chi connectivity index (χ3v) is 6.41. The van der Waals surface area contributed by atoms with Crippen LogP contribution in [0.5, 0.6) is 11.5 Å². The Morgan fingerprint density at radius 2 is 1.88 bits per heavy atom. The van der Waals surface area contributed by atoms with E-state index in [0.717, 1.165) is 42.1 Å². The Labute approximate surface area is 200 Å². The number of fused-ring (bicyclic) bond motifs is 4. The Morgan fingerprint density at radius 3 is 2.76 bits per heavy atom. The van der Waals surface area contributed by atoms with Crippen molar-refractivity contribution in [2.24, 2.45) is 0 Å². The average molecular weight is 461 g/mol. The maximum Gasteiger partial charge on any atom is 0.231 e. The first-order valence-corrected chi connectivity index (χ1v) is 12.2. The number of amides is 1. The highest BCUT2D eigenvalue weighted by molar-refractivity contribution is 5.77. The van der Waals surface area contributed by atoms with Crippen LogP contribution in [0.25, 0.3) is 16.9 Å². The molecule has 0 saturated carbocycles. The van der Waals surface area contributed by atoms with Gasteiger partial charge in [0.05, 0.1) is 11.8 Å². The molecule has 178 valence electrons. The van der Waals surface area contributed by atoms with Gasteiger partial charge in [0.25, 0.3) is 0 Å². The monoisotopic (exact) mass is 460 g/mol. The lowest BCUT2D eigenvalue weighted by Crippen LogP contribution is -2.26. The van der Waals surface area contributed by atoms with Crippen LogP contribution in [0.2, 0.25) is 0 Å². The summed E-state index contributed by atoms with van der Waals surface area (Å²) >= 11 is 0. The van der Waals surface area contributed by atoms with Gasteiger partial charge in [0.1, 0.15) is 0 Å². The largest absolute Gasteiger partial charge is 0.454 e. The second-order valence-electron chi connectivity index (χ2n) is 9.16. The molecule has 6 heteroatoms. The van der Waals surface area contributed by atoms with E-state index >= 15 is 0 Å². The minimum Gasteiger partial charge on any atom is -0.454 e. The molecule has 3 aromatic rings. The first-order valence-electron chi connectivity index (χ1n) is 12.2. The molecule has 1 aliphatic carbocycles. The van der Waals surface area contributed by atoms with Crippen LogP contribution in [-0.4, -0.2) is 36.5 Å². The summed E-state index contributed by atoms with van der Waals surface area (Å²) in [6.07, 6.45) is 4.18. The first-order chi connectivity index (χ1) is 16.6. The topological polar surface area (TPSA) is 61.7 Å². The van der Waals surface area contributed by atoms with Gasteiger partial charge >= 0.3 is 0 Å². The van der Waals surface area contributed by atoms with E-state index in [1.807, 2.05) is 26.0 Å². The van der Waals surface area contributed by atoms with Crippen LogP contribution in [0, 0.1) is 0 Å². The van der Waals surface area contributed by atoms with Crippen molar-refractivity contribution in [3.63, 3.8) is 0 Å². The van der Waals surface area contributed by atoms with E-state index in [1.165, 1.54) is 22.4 Å². The van der Waals surface area contributed by atoms with Crippen molar-refractivity contribution >= 4 is 5.91 Å². The molecule has 1 amide bonds. The maximum atomic E-state index is 12.6. The fourth-order valence-corrected chi connectivity index (χ4v) is 4.80. The Bertz CT molecular complexity index is 1180. The van der Waals surface area contributed by atoms with E-state index in [9.17, 15) is 4.79 Å². The van der Waals surface area contributed by atoms with E-state index < -0.39 is 0 Å². The Balaban J connectivity index is 1.39. The van der Waals surface area contributed by atoms with Gasteiger partial charge in [-0.1, -0.05) is 24.3 Å². The van der Waals surface area contributed by atoms with Crippen molar-refractivity contribution in [3.05, 3.63) is 65.4 Å². The molecule has 2 aliphatic rings. The minimum atomic E-state index is 0.0707. The molecule has 0 radical (unpaired) electrons. The van der Waals surface area contributed by atoms with Gasteiger partial charge in [0.15, 0.2) is 11.5 Å². The SMILES string of the molecule is CC(C)OCCCNC(=O)CCc1cc2c(n1-c1ccc3c(c1)OCO3)-c1ccccc1CC2. The van der Waals surface area contributed by atoms with Crippen molar-refractivity contribution in [3.8, 4) is 28.4 Å². The number of carbonyl (C=O) groups excluding carboxylic acids is 1. The lowest BCUT2D eigenvalue weighted by atomic mass is 9.90. The van der Waals surface area contributed by atoms with Gasteiger partial charge < -0.3 is 24.1 Å². The zero-order valence-corrected chi connectivity index (χ0v) is 19.9. The number of ether oxygens (including phenoxy) is 3. The zero-order chi connectivity index (χ0) is 23.5. The summed E-state index contributed by atoms with van der Waals surface area (Å²) in [6, 6.07) is 17.0. The summed E-state index contributed by atoms with van der Waals surface area (Å²) in [5, 5.41) is 3.03. The number of aromatic nitrogens is 1. The molecule has 2 aromatic carbocycles. The highest BCUT2D eigenvalue weighted by Crippen LogP contribution is 2.40. The average Bonchev–Trinajstić information content (AvgIpc) is 3.46. The highest BCUT2D eigenvalue weighted by Gasteiger charge is 2.25. The molecule has 2 heterocycles. The number of carbonyl (C=O) groups is 1. The molecule has 0 atom stereocenters. The van der Waals surface area contributed by atoms with Crippen LogP contribution in [-0.2, 0) is 28.8 Å². The smallest absolute Gasteiger partial charge is 0.231 e. The van der Waals surface area contributed by atoms with Gasteiger partial charge in [-0.15, -0.1) is 0 Å². The van der Waals surface area contributed by atoms with Crippen LogP contribution in [0.1, 0.15) is 43.5 Å². The lowest BCUT2D eigenvalue weighted by Gasteiger charge is -2.21. The Morgan fingerprint density at radius 1 is 1.06 bits per heavy atom. The summed E-state index contributed by atoms with van der Waals surface area (Å²) in [6.45, 7) is 5.59. The molecule has 0 fully saturated rings. The molecule has 6 nitrogen and oxygen atoms in total.